The zero-order valence-corrected chi connectivity index (χ0v) is 14.1. The topological polar surface area (TPSA) is 25.8 Å². The van der Waals surface area contributed by atoms with E-state index >= 15 is 0 Å². The maximum atomic E-state index is 4.52. The third-order valence-corrected chi connectivity index (χ3v) is 4.21. The number of benzene rings is 2. The lowest BCUT2D eigenvalue weighted by Gasteiger charge is -2.10. The fraction of sp³-hybridized carbons (Fsp3) is 0.0435. The molecule has 4 rings (SSSR count). The van der Waals surface area contributed by atoms with Crippen molar-refractivity contribution < 1.29 is 0 Å². The van der Waals surface area contributed by atoms with Crippen LogP contribution in [0.5, 0.6) is 0 Å². The number of aryl methyl sites for hydroxylation is 1. The van der Waals surface area contributed by atoms with Gasteiger partial charge in [-0.1, -0.05) is 42.0 Å². The number of hydrogen-bond acceptors (Lipinski definition) is 2. The second-order valence-electron chi connectivity index (χ2n) is 6.10. The lowest BCUT2D eigenvalue weighted by atomic mass is 9.96. The monoisotopic (exact) mass is 322 g/mol. The molecule has 0 N–H and O–H groups in total. The van der Waals surface area contributed by atoms with Crippen LogP contribution in [0.15, 0.2) is 91.3 Å². The summed E-state index contributed by atoms with van der Waals surface area (Å²) in [6.07, 6.45) is 3.66. The average Bonchev–Trinajstić information content (AvgIpc) is 2.69. The van der Waals surface area contributed by atoms with E-state index in [0.29, 0.717) is 0 Å². The van der Waals surface area contributed by atoms with Gasteiger partial charge in [0.15, 0.2) is 0 Å². The molecule has 2 nitrogen and oxygen atoms in total. The standard InChI is InChI=1S/C23H18N2/c1-17-7-6-8-18(13-17)19-14-20(22-9-2-4-11-24-22)16-21(15-19)23-10-3-5-12-25-23/h2-16H,1H3. The fourth-order valence-corrected chi connectivity index (χ4v) is 2.98. The Morgan fingerprint density at radius 1 is 0.520 bits per heavy atom. The lowest BCUT2D eigenvalue weighted by Crippen LogP contribution is -1.89. The summed E-state index contributed by atoms with van der Waals surface area (Å²) in [4.78, 5) is 9.03. The van der Waals surface area contributed by atoms with Crippen LogP contribution in [-0.2, 0) is 0 Å². The van der Waals surface area contributed by atoms with Gasteiger partial charge < -0.3 is 0 Å². The summed E-state index contributed by atoms with van der Waals surface area (Å²) in [6, 6.07) is 27.1. The minimum absolute atomic E-state index is 0.967. The van der Waals surface area contributed by atoms with Gasteiger partial charge in [-0.2, -0.15) is 0 Å². The van der Waals surface area contributed by atoms with Crippen molar-refractivity contribution in [1.82, 2.24) is 9.97 Å². The van der Waals surface area contributed by atoms with Crippen molar-refractivity contribution in [3.05, 3.63) is 96.8 Å². The van der Waals surface area contributed by atoms with Crippen LogP contribution >= 0.6 is 0 Å². The summed E-state index contributed by atoms with van der Waals surface area (Å²) in [5, 5.41) is 0. The normalized spacial score (nSPS) is 10.6. The molecule has 0 amide bonds. The molecule has 120 valence electrons. The predicted octanol–water partition coefficient (Wildman–Crippen LogP) is 5.79. The number of rotatable bonds is 3. The molecule has 0 unspecified atom stereocenters. The van der Waals surface area contributed by atoms with Crippen LogP contribution in [0, 0.1) is 6.92 Å². The largest absolute Gasteiger partial charge is 0.256 e. The van der Waals surface area contributed by atoms with Crippen LogP contribution in [0.25, 0.3) is 33.6 Å². The highest BCUT2D eigenvalue weighted by atomic mass is 14.7. The second-order valence-corrected chi connectivity index (χ2v) is 6.10. The first kappa shape index (κ1) is 15.3. The SMILES string of the molecule is Cc1cccc(-c2cc(-c3ccccn3)cc(-c3ccccn3)c2)c1. The van der Waals surface area contributed by atoms with E-state index in [0.717, 1.165) is 22.5 Å². The van der Waals surface area contributed by atoms with Crippen molar-refractivity contribution >= 4 is 0 Å². The van der Waals surface area contributed by atoms with Gasteiger partial charge >= 0.3 is 0 Å². The van der Waals surface area contributed by atoms with Gasteiger partial charge in [-0.15, -0.1) is 0 Å². The fourth-order valence-electron chi connectivity index (χ4n) is 2.98. The van der Waals surface area contributed by atoms with Crippen molar-refractivity contribution in [1.29, 1.82) is 0 Å². The third-order valence-electron chi connectivity index (χ3n) is 4.21. The van der Waals surface area contributed by atoms with Crippen molar-refractivity contribution in [3.63, 3.8) is 0 Å². The zero-order valence-electron chi connectivity index (χ0n) is 14.1. The molecule has 2 aromatic carbocycles. The highest BCUT2D eigenvalue weighted by Gasteiger charge is 2.08. The molecule has 0 saturated carbocycles. The van der Waals surface area contributed by atoms with Crippen molar-refractivity contribution in [2.75, 3.05) is 0 Å². The van der Waals surface area contributed by atoms with Crippen molar-refractivity contribution in [2.24, 2.45) is 0 Å². The highest BCUT2D eigenvalue weighted by molar-refractivity contribution is 5.79. The van der Waals surface area contributed by atoms with Crippen LogP contribution in [-0.4, -0.2) is 9.97 Å². The van der Waals surface area contributed by atoms with E-state index in [2.05, 4.69) is 59.4 Å². The van der Waals surface area contributed by atoms with E-state index in [1.807, 2.05) is 48.8 Å². The highest BCUT2D eigenvalue weighted by Crippen LogP contribution is 2.31. The number of aromatic nitrogens is 2. The molecule has 2 heterocycles. The Balaban J connectivity index is 1.92. The lowest BCUT2D eigenvalue weighted by molar-refractivity contribution is 1.31. The van der Waals surface area contributed by atoms with Gasteiger partial charge in [0.2, 0.25) is 0 Å². The quantitative estimate of drug-likeness (QED) is 0.477. The molecule has 4 aromatic rings. The Kier molecular flexibility index (Phi) is 4.09. The molecule has 2 aromatic heterocycles. The maximum absolute atomic E-state index is 4.52. The first-order chi connectivity index (χ1) is 12.3. The summed E-state index contributed by atoms with van der Waals surface area (Å²) in [5.41, 5.74) is 7.76. The number of nitrogens with zero attached hydrogens (tertiary/aromatic N) is 2. The summed E-state index contributed by atoms with van der Waals surface area (Å²) in [6.45, 7) is 2.12. The van der Waals surface area contributed by atoms with Gasteiger partial charge in [-0.05, 0) is 60.5 Å². The molecule has 0 fully saturated rings. The predicted molar refractivity (Wildman–Crippen MR) is 103 cm³/mol. The Morgan fingerprint density at radius 2 is 1.12 bits per heavy atom. The Morgan fingerprint density at radius 3 is 1.64 bits per heavy atom. The van der Waals surface area contributed by atoms with Crippen LogP contribution in [0.1, 0.15) is 5.56 Å². The van der Waals surface area contributed by atoms with E-state index in [-0.39, 0.29) is 0 Å². The molecule has 0 aliphatic carbocycles. The minimum atomic E-state index is 0.967. The van der Waals surface area contributed by atoms with Gasteiger partial charge in [0, 0.05) is 23.5 Å². The molecule has 2 heteroatoms. The molecule has 25 heavy (non-hydrogen) atoms. The molecular weight excluding hydrogens is 304 g/mol. The molecule has 0 radical (unpaired) electrons. The average molecular weight is 322 g/mol. The van der Waals surface area contributed by atoms with Gasteiger partial charge in [-0.25, -0.2) is 0 Å². The minimum Gasteiger partial charge on any atom is -0.256 e. The second kappa shape index (κ2) is 6.70. The van der Waals surface area contributed by atoms with E-state index in [4.69, 9.17) is 0 Å². The summed E-state index contributed by atoms with van der Waals surface area (Å²) < 4.78 is 0. The third kappa shape index (κ3) is 3.33. The molecule has 0 aliphatic heterocycles. The Labute approximate surface area is 147 Å². The van der Waals surface area contributed by atoms with Gasteiger partial charge in [-0.3, -0.25) is 9.97 Å². The van der Waals surface area contributed by atoms with Crippen LogP contribution < -0.4 is 0 Å². The van der Waals surface area contributed by atoms with E-state index in [1.54, 1.807) is 0 Å². The molecule has 0 aliphatic rings. The van der Waals surface area contributed by atoms with E-state index in [1.165, 1.54) is 16.7 Å². The van der Waals surface area contributed by atoms with Gasteiger partial charge in [0.1, 0.15) is 0 Å². The molecule has 0 saturated heterocycles. The first-order valence-electron chi connectivity index (χ1n) is 8.34. The van der Waals surface area contributed by atoms with Crippen molar-refractivity contribution in [2.45, 2.75) is 6.92 Å². The van der Waals surface area contributed by atoms with E-state index in [9.17, 15) is 0 Å². The van der Waals surface area contributed by atoms with Crippen molar-refractivity contribution in [3.8, 4) is 33.6 Å². The van der Waals surface area contributed by atoms with Gasteiger partial charge in [0.05, 0.1) is 11.4 Å². The number of hydrogen-bond donors (Lipinski definition) is 0. The van der Waals surface area contributed by atoms with Crippen LogP contribution in [0.4, 0.5) is 0 Å². The summed E-state index contributed by atoms with van der Waals surface area (Å²) in [5.74, 6) is 0. The molecule has 0 bridgehead atoms. The van der Waals surface area contributed by atoms with Crippen LogP contribution in [0.2, 0.25) is 0 Å². The molecule has 0 spiro atoms. The summed E-state index contributed by atoms with van der Waals surface area (Å²) in [7, 11) is 0. The Bertz CT molecular complexity index is 935. The first-order valence-corrected chi connectivity index (χ1v) is 8.34. The van der Waals surface area contributed by atoms with Gasteiger partial charge in [0.25, 0.3) is 0 Å². The molecular formula is C23H18N2. The zero-order chi connectivity index (χ0) is 17.1. The van der Waals surface area contributed by atoms with E-state index < -0.39 is 0 Å². The summed E-state index contributed by atoms with van der Waals surface area (Å²) >= 11 is 0. The Hall–Kier alpha value is -3.26. The molecule has 0 atom stereocenters. The van der Waals surface area contributed by atoms with Crippen LogP contribution in [0.3, 0.4) is 0 Å². The smallest absolute Gasteiger partial charge is 0.0702 e. The number of pyridine rings is 2. The maximum Gasteiger partial charge on any atom is 0.0702 e.